The number of fused-ring (bicyclic) bond motifs is 1. The van der Waals surface area contributed by atoms with Gasteiger partial charge in [-0.25, -0.2) is 0 Å². The largest absolute Gasteiger partial charge is 0.388 e. The lowest BCUT2D eigenvalue weighted by atomic mass is 9.98. The van der Waals surface area contributed by atoms with Gasteiger partial charge in [0.1, 0.15) is 0 Å². The molecule has 0 saturated heterocycles. The highest BCUT2D eigenvalue weighted by Gasteiger charge is 2.31. The second-order valence-corrected chi connectivity index (χ2v) is 8.45. The molecule has 0 radical (unpaired) electrons. The van der Waals surface area contributed by atoms with E-state index in [-0.39, 0.29) is 5.91 Å². The number of aliphatic hydroxyl groups excluding tert-OH is 1. The Morgan fingerprint density at radius 1 is 0.939 bits per heavy atom. The molecule has 1 aliphatic rings. The lowest BCUT2D eigenvalue weighted by Crippen LogP contribution is -2.25. The van der Waals surface area contributed by atoms with Crippen molar-refractivity contribution in [2.24, 2.45) is 0 Å². The van der Waals surface area contributed by atoms with Crippen molar-refractivity contribution in [3.05, 3.63) is 131 Å². The van der Waals surface area contributed by atoms with Gasteiger partial charge in [-0.1, -0.05) is 96.6 Å². The summed E-state index contributed by atoms with van der Waals surface area (Å²) in [7, 11) is 0. The summed E-state index contributed by atoms with van der Waals surface area (Å²) in [5.74, 6) is 0.0142. The topological polar surface area (TPSA) is 40.5 Å². The first-order chi connectivity index (χ1) is 16.0. The number of carbonyl (C=O) groups is 1. The molecule has 3 nitrogen and oxygen atoms in total. The van der Waals surface area contributed by atoms with Gasteiger partial charge in [-0.05, 0) is 49.1 Å². The standard InChI is InChI=1S/C30H29NO2/c1-22(20-29(32)25-16-9-7-13-23(25)2)12-6-8-18-27-26-17-10-11-19-28(26)31(30(27)33)21-24-14-4-3-5-15-24/h3-19,29,32H,20-21H2,1-2H3/b8-6+,22-12+,27-18+/t29-/m1/s1. The summed E-state index contributed by atoms with van der Waals surface area (Å²) in [5, 5.41) is 10.6. The van der Waals surface area contributed by atoms with E-state index in [0.717, 1.165) is 33.5 Å². The zero-order valence-electron chi connectivity index (χ0n) is 19.1. The number of allylic oxidation sites excluding steroid dienone is 4. The van der Waals surface area contributed by atoms with Crippen molar-refractivity contribution in [3.63, 3.8) is 0 Å². The summed E-state index contributed by atoms with van der Waals surface area (Å²) in [4.78, 5) is 15.0. The highest BCUT2D eigenvalue weighted by molar-refractivity contribution is 6.32. The van der Waals surface area contributed by atoms with Crippen LogP contribution in [0.15, 0.2) is 109 Å². The van der Waals surface area contributed by atoms with Gasteiger partial charge in [0.25, 0.3) is 5.91 Å². The number of benzene rings is 3. The fourth-order valence-corrected chi connectivity index (χ4v) is 4.21. The van der Waals surface area contributed by atoms with Crippen LogP contribution in [0.5, 0.6) is 0 Å². The number of rotatable bonds is 7. The Labute approximate surface area is 196 Å². The molecule has 33 heavy (non-hydrogen) atoms. The third-order valence-corrected chi connectivity index (χ3v) is 5.96. The molecule has 0 fully saturated rings. The molecule has 0 saturated carbocycles. The van der Waals surface area contributed by atoms with Crippen LogP contribution in [0.2, 0.25) is 0 Å². The van der Waals surface area contributed by atoms with Crippen molar-refractivity contribution >= 4 is 17.2 Å². The van der Waals surface area contributed by atoms with Crippen LogP contribution in [0.25, 0.3) is 5.57 Å². The molecular weight excluding hydrogens is 406 g/mol. The average Bonchev–Trinajstić information content (AvgIpc) is 3.08. The number of aliphatic hydroxyl groups is 1. The van der Waals surface area contributed by atoms with E-state index in [2.05, 4.69) is 0 Å². The van der Waals surface area contributed by atoms with E-state index in [0.29, 0.717) is 18.5 Å². The lowest BCUT2D eigenvalue weighted by molar-refractivity contribution is -0.113. The highest BCUT2D eigenvalue weighted by atomic mass is 16.3. The minimum absolute atomic E-state index is 0.0142. The van der Waals surface area contributed by atoms with Gasteiger partial charge in [0.15, 0.2) is 0 Å². The van der Waals surface area contributed by atoms with Gasteiger partial charge in [-0.3, -0.25) is 4.79 Å². The molecule has 1 heterocycles. The van der Waals surface area contributed by atoms with E-state index < -0.39 is 6.10 Å². The van der Waals surface area contributed by atoms with E-state index in [9.17, 15) is 9.90 Å². The van der Waals surface area contributed by atoms with Gasteiger partial charge in [0.05, 0.1) is 18.3 Å². The summed E-state index contributed by atoms with van der Waals surface area (Å²) >= 11 is 0. The number of carbonyl (C=O) groups excluding carboxylic acids is 1. The summed E-state index contributed by atoms with van der Waals surface area (Å²) in [6.45, 7) is 4.57. The molecule has 0 spiro atoms. The summed E-state index contributed by atoms with van der Waals surface area (Å²) in [6.07, 6.45) is 7.75. The van der Waals surface area contributed by atoms with Crippen LogP contribution in [-0.4, -0.2) is 11.0 Å². The van der Waals surface area contributed by atoms with E-state index in [4.69, 9.17) is 0 Å². The Hall–Kier alpha value is -3.69. The number of hydrogen-bond donors (Lipinski definition) is 1. The van der Waals surface area contributed by atoms with E-state index in [1.165, 1.54) is 0 Å². The van der Waals surface area contributed by atoms with E-state index in [1.54, 1.807) is 0 Å². The summed E-state index contributed by atoms with van der Waals surface area (Å²) < 4.78 is 0. The van der Waals surface area contributed by atoms with Crippen LogP contribution in [0.4, 0.5) is 5.69 Å². The molecule has 4 rings (SSSR count). The van der Waals surface area contributed by atoms with Crippen LogP contribution in [-0.2, 0) is 11.3 Å². The monoisotopic (exact) mass is 435 g/mol. The molecular formula is C30H29NO2. The highest BCUT2D eigenvalue weighted by Crippen LogP contribution is 2.37. The van der Waals surface area contributed by atoms with Crippen molar-refractivity contribution in [2.75, 3.05) is 4.90 Å². The van der Waals surface area contributed by atoms with Crippen molar-refractivity contribution in [3.8, 4) is 0 Å². The van der Waals surface area contributed by atoms with E-state index >= 15 is 0 Å². The number of hydrogen-bond acceptors (Lipinski definition) is 2. The SMILES string of the molecule is C\C(=C/C=C/C=C1/C(=O)N(Cc2ccccc2)c2ccccc21)C[C@@H](O)c1ccccc1C. The fourth-order valence-electron chi connectivity index (χ4n) is 4.21. The van der Waals surface area contributed by atoms with Crippen LogP contribution in [0.3, 0.4) is 0 Å². The third kappa shape index (κ3) is 5.21. The quantitative estimate of drug-likeness (QED) is 0.338. The number of para-hydroxylation sites is 1. The van der Waals surface area contributed by atoms with Crippen molar-refractivity contribution in [2.45, 2.75) is 32.9 Å². The third-order valence-electron chi connectivity index (χ3n) is 5.96. The maximum absolute atomic E-state index is 13.2. The Bertz CT molecular complexity index is 1220. The maximum atomic E-state index is 13.2. The predicted octanol–water partition coefficient (Wildman–Crippen LogP) is 6.55. The average molecular weight is 436 g/mol. The Balaban J connectivity index is 1.48. The smallest absolute Gasteiger partial charge is 0.259 e. The molecule has 1 amide bonds. The number of nitrogens with zero attached hydrogens (tertiary/aromatic N) is 1. The first kappa shape index (κ1) is 22.5. The molecule has 1 atom stereocenters. The Kier molecular flexibility index (Phi) is 7.01. The van der Waals surface area contributed by atoms with Gasteiger partial charge >= 0.3 is 0 Å². The van der Waals surface area contributed by atoms with Crippen molar-refractivity contribution in [1.29, 1.82) is 0 Å². The Morgan fingerprint density at radius 3 is 2.42 bits per heavy atom. The van der Waals surface area contributed by atoms with Crippen LogP contribution >= 0.6 is 0 Å². The van der Waals surface area contributed by atoms with Gasteiger partial charge in [0, 0.05) is 11.1 Å². The molecule has 3 heteroatoms. The number of anilines is 1. The molecule has 166 valence electrons. The maximum Gasteiger partial charge on any atom is 0.259 e. The molecule has 0 aromatic heterocycles. The lowest BCUT2D eigenvalue weighted by Gasteiger charge is -2.17. The minimum Gasteiger partial charge on any atom is -0.388 e. The molecule has 0 unspecified atom stereocenters. The van der Waals surface area contributed by atoms with Crippen LogP contribution in [0, 0.1) is 6.92 Å². The van der Waals surface area contributed by atoms with Gasteiger partial charge < -0.3 is 10.0 Å². The van der Waals surface area contributed by atoms with Gasteiger partial charge in [-0.15, -0.1) is 0 Å². The number of amides is 1. The van der Waals surface area contributed by atoms with E-state index in [1.807, 2.05) is 122 Å². The molecule has 0 bridgehead atoms. The zero-order chi connectivity index (χ0) is 23.2. The normalized spacial score (nSPS) is 16.0. The van der Waals surface area contributed by atoms with Gasteiger partial charge in [0.2, 0.25) is 0 Å². The molecule has 1 N–H and O–H groups in total. The molecule has 0 aliphatic carbocycles. The van der Waals surface area contributed by atoms with Gasteiger partial charge in [-0.2, -0.15) is 0 Å². The zero-order valence-corrected chi connectivity index (χ0v) is 19.1. The van der Waals surface area contributed by atoms with Crippen LogP contribution < -0.4 is 4.90 Å². The van der Waals surface area contributed by atoms with Crippen molar-refractivity contribution in [1.82, 2.24) is 0 Å². The fraction of sp³-hybridized carbons (Fsp3) is 0.167. The predicted molar refractivity (Wildman–Crippen MR) is 136 cm³/mol. The van der Waals surface area contributed by atoms with Crippen molar-refractivity contribution < 1.29 is 9.90 Å². The second-order valence-electron chi connectivity index (χ2n) is 8.45. The second kappa shape index (κ2) is 10.3. The summed E-state index contributed by atoms with van der Waals surface area (Å²) in [5.41, 5.74) is 6.83. The minimum atomic E-state index is -0.524. The summed E-state index contributed by atoms with van der Waals surface area (Å²) in [6, 6.07) is 25.9. The first-order valence-corrected chi connectivity index (χ1v) is 11.3. The number of aryl methyl sites for hydroxylation is 1. The van der Waals surface area contributed by atoms with Crippen LogP contribution in [0.1, 0.15) is 41.7 Å². The molecule has 1 aliphatic heterocycles. The first-order valence-electron chi connectivity index (χ1n) is 11.3. The molecule has 3 aromatic rings. The molecule has 3 aromatic carbocycles. The Morgan fingerprint density at radius 2 is 1.64 bits per heavy atom.